The van der Waals surface area contributed by atoms with Crippen LogP contribution in [0.25, 0.3) is 0 Å². The van der Waals surface area contributed by atoms with Gasteiger partial charge < -0.3 is 9.47 Å². The van der Waals surface area contributed by atoms with Crippen LogP contribution in [0.2, 0.25) is 0 Å². The van der Waals surface area contributed by atoms with E-state index in [1.54, 1.807) is 39.8 Å². The second-order valence-electron chi connectivity index (χ2n) is 6.19. The van der Waals surface area contributed by atoms with Crippen LogP contribution in [0, 0.1) is 13.8 Å². The molecule has 8 heteroatoms. The van der Waals surface area contributed by atoms with E-state index in [-0.39, 0.29) is 0 Å². The lowest BCUT2D eigenvalue weighted by Crippen LogP contribution is -2.36. The van der Waals surface area contributed by atoms with Crippen molar-refractivity contribution >= 4 is 10.0 Å². The van der Waals surface area contributed by atoms with Gasteiger partial charge in [-0.1, -0.05) is 0 Å². The lowest BCUT2D eigenvalue weighted by molar-refractivity contribution is 0.348. The highest BCUT2D eigenvalue weighted by atomic mass is 32.2. The van der Waals surface area contributed by atoms with Crippen molar-refractivity contribution in [3.05, 3.63) is 34.6 Å². The zero-order chi connectivity index (χ0) is 18.4. The first-order valence-corrected chi connectivity index (χ1v) is 9.47. The summed E-state index contributed by atoms with van der Waals surface area (Å²) in [5, 5.41) is 4.24. The van der Waals surface area contributed by atoms with Gasteiger partial charge in [-0.25, -0.2) is 8.42 Å². The van der Waals surface area contributed by atoms with Crippen molar-refractivity contribution in [2.45, 2.75) is 31.7 Å². The molecule has 0 unspecified atom stereocenters. The van der Waals surface area contributed by atoms with Crippen molar-refractivity contribution in [3.8, 4) is 11.5 Å². The molecule has 2 aromatic rings. The molecule has 1 aliphatic rings. The molecule has 0 radical (unpaired) electrons. The molecule has 0 aliphatic carbocycles. The number of ether oxygens (including phenoxy) is 2. The summed E-state index contributed by atoms with van der Waals surface area (Å²) in [6.45, 7) is 4.24. The highest BCUT2D eigenvalue weighted by molar-refractivity contribution is 7.89. The lowest BCUT2D eigenvalue weighted by atomic mass is 10.0. The maximum absolute atomic E-state index is 13.1. The maximum Gasteiger partial charge on any atom is 0.247 e. The van der Waals surface area contributed by atoms with E-state index < -0.39 is 10.0 Å². The number of sulfonamides is 1. The van der Waals surface area contributed by atoms with Gasteiger partial charge in [-0.15, -0.1) is 0 Å². The fraction of sp³-hybridized carbons (Fsp3) is 0.471. The molecule has 1 aliphatic heterocycles. The summed E-state index contributed by atoms with van der Waals surface area (Å²) in [6.07, 6.45) is 0.632. The Kier molecular flexibility index (Phi) is 4.51. The van der Waals surface area contributed by atoms with Gasteiger partial charge in [-0.05, 0) is 43.5 Å². The molecule has 0 atom stereocenters. The zero-order valence-electron chi connectivity index (χ0n) is 15.2. The molecule has 1 aromatic heterocycles. The molecule has 0 fully saturated rings. The van der Waals surface area contributed by atoms with E-state index in [2.05, 4.69) is 5.10 Å². The topological polar surface area (TPSA) is 73.7 Å². The van der Waals surface area contributed by atoms with E-state index in [0.29, 0.717) is 47.3 Å². The first-order chi connectivity index (χ1) is 11.8. The SMILES string of the molecule is COc1cc2c(cc1OC)CN(S(=O)(=O)c1c(C)nn(C)c1C)CC2. The van der Waals surface area contributed by atoms with Gasteiger partial charge in [0, 0.05) is 20.1 Å². The average molecular weight is 365 g/mol. The van der Waals surface area contributed by atoms with Crippen LogP contribution >= 0.6 is 0 Å². The smallest absolute Gasteiger partial charge is 0.247 e. The van der Waals surface area contributed by atoms with Crippen LogP contribution in [-0.2, 0) is 30.0 Å². The molecule has 0 spiro atoms. The largest absolute Gasteiger partial charge is 0.493 e. The Morgan fingerprint density at radius 2 is 1.68 bits per heavy atom. The molecular formula is C17H23N3O4S. The molecule has 3 rings (SSSR count). The molecule has 1 aromatic carbocycles. The molecule has 0 saturated carbocycles. The normalized spacial score (nSPS) is 15.1. The summed E-state index contributed by atoms with van der Waals surface area (Å²) >= 11 is 0. The first kappa shape index (κ1) is 17.8. The molecule has 0 saturated heterocycles. The number of hydrogen-bond donors (Lipinski definition) is 0. The van der Waals surface area contributed by atoms with E-state index >= 15 is 0 Å². The van der Waals surface area contributed by atoms with Gasteiger partial charge in [-0.2, -0.15) is 9.40 Å². The Bertz CT molecular complexity index is 918. The van der Waals surface area contributed by atoms with Gasteiger partial charge in [0.2, 0.25) is 10.0 Å². The van der Waals surface area contributed by atoms with E-state index in [0.717, 1.165) is 11.1 Å². The van der Waals surface area contributed by atoms with Crippen LogP contribution in [0.5, 0.6) is 11.5 Å². The number of methoxy groups -OCH3 is 2. The van der Waals surface area contributed by atoms with Gasteiger partial charge in [-0.3, -0.25) is 4.68 Å². The van der Waals surface area contributed by atoms with Crippen LogP contribution in [0.4, 0.5) is 0 Å². The Morgan fingerprint density at radius 1 is 1.08 bits per heavy atom. The predicted molar refractivity (Wildman–Crippen MR) is 93.5 cm³/mol. The number of rotatable bonds is 4. The van der Waals surface area contributed by atoms with E-state index in [4.69, 9.17) is 9.47 Å². The molecule has 7 nitrogen and oxygen atoms in total. The van der Waals surface area contributed by atoms with Gasteiger partial charge in [0.15, 0.2) is 11.5 Å². The van der Waals surface area contributed by atoms with Crippen molar-refractivity contribution in [2.75, 3.05) is 20.8 Å². The Balaban J connectivity index is 1.99. The molecule has 25 heavy (non-hydrogen) atoms. The summed E-state index contributed by atoms with van der Waals surface area (Å²) in [5.41, 5.74) is 3.20. The molecular weight excluding hydrogens is 342 g/mol. The Labute approximate surface area is 148 Å². The van der Waals surface area contributed by atoms with Crippen LogP contribution in [0.3, 0.4) is 0 Å². The fourth-order valence-corrected chi connectivity index (χ4v) is 5.14. The number of nitrogens with zero attached hydrogens (tertiary/aromatic N) is 3. The number of fused-ring (bicyclic) bond motifs is 1. The van der Waals surface area contributed by atoms with E-state index in [9.17, 15) is 8.42 Å². The predicted octanol–water partition coefficient (Wildman–Crippen LogP) is 1.80. The summed E-state index contributed by atoms with van der Waals surface area (Å²) in [6, 6.07) is 3.79. The molecule has 136 valence electrons. The highest BCUT2D eigenvalue weighted by Gasteiger charge is 2.33. The first-order valence-electron chi connectivity index (χ1n) is 8.03. The third-order valence-corrected chi connectivity index (χ3v) is 6.82. The monoisotopic (exact) mass is 365 g/mol. The quantitative estimate of drug-likeness (QED) is 0.826. The zero-order valence-corrected chi connectivity index (χ0v) is 16.0. The Morgan fingerprint density at radius 3 is 2.20 bits per heavy atom. The van der Waals surface area contributed by atoms with E-state index in [1.807, 2.05) is 12.1 Å². The van der Waals surface area contributed by atoms with Crippen molar-refractivity contribution in [2.24, 2.45) is 7.05 Å². The van der Waals surface area contributed by atoms with Crippen LogP contribution in [-0.4, -0.2) is 43.3 Å². The minimum absolute atomic E-state index is 0.305. The van der Waals surface area contributed by atoms with Gasteiger partial charge >= 0.3 is 0 Å². The van der Waals surface area contributed by atoms with Gasteiger partial charge in [0.25, 0.3) is 0 Å². The number of aryl methyl sites for hydroxylation is 2. The second-order valence-corrected chi connectivity index (χ2v) is 8.06. The number of aromatic nitrogens is 2. The molecule has 0 amide bonds. The average Bonchev–Trinajstić information content (AvgIpc) is 2.85. The minimum Gasteiger partial charge on any atom is -0.493 e. The standard InChI is InChI=1S/C17H23N3O4S/c1-11-17(12(2)19(3)18-11)25(21,22)20-7-6-13-8-15(23-4)16(24-5)9-14(13)10-20/h8-9H,6-7,10H2,1-5H3. The fourth-order valence-electron chi connectivity index (χ4n) is 3.32. The Hall–Kier alpha value is -2.06. The van der Waals surface area contributed by atoms with Crippen molar-refractivity contribution < 1.29 is 17.9 Å². The molecule has 2 heterocycles. The third kappa shape index (κ3) is 2.89. The third-order valence-electron chi connectivity index (χ3n) is 4.72. The van der Waals surface area contributed by atoms with Crippen molar-refractivity contribution in [1.82, 2.24) is 14.1 Å². The van der Waals surface area contributed by atoms with E-state index in [1.165, 1.54) is 4.31 Å². The number of hydrogen-bond acceptors (Lipinski definition) is 5. The summed E-state index contributed by atoms with van der Waals surface area (Å²) < 4.78 is 40.1. The van der Waals surface area contributed by atoms with Gasteiger partial charge in [0.1, 0.15) is 4.90 Å². The summed E-state index contributed by atoms with van der Waals surface area (Å²) in [7, 11) is 1.32. The van der Waals surface area contributed by atoms with Crippen LogP contribution in [0.1, 0.15) is 22.5 Å². The minimum atomic E-state index is -3.60. The van der Waals surface area contributed by atoms with Gasteiger partial charge in [0.05, 0.1) is 25.6 Å². The summed E-state index contributed by atoms with van der Waals surface area (Å²) in [4.78, 5) is 0.305. The summed E-state index contributed by atoms with van der Waals surface area (Å²) in [5.74, 6) is 1.27. The van der Waals surface area contributed by atoms with Crippen molar-refractivity contribution in [3.63, 3.8) is 0 Å². The second kappa shape index (κ2) is 6.34. The highest BCUT2D eigenvalue weighted by Crippen LogP contribution is 2.35. The van der Waals surface area contributed by atoms with Crippen LogP contribution in [0.15, 0.2) is 17.0 Å². The molecule has 0 N–H and O–H groups in total. The maximum atomic E-state index is 13.1. The van der Waals surface area contributed by atoms with Crippen LogP contribution < -0.4 is 9.47 Å². The van der Waals surface area contributed by atoms with Crippen molar-refractivity contribution in [1.29, 1.82) is 0 Å². The lowest BCUT2D eigenvalue weighted by Gasteiger charge is -2.29. The molecule has 0 bridgehead atoms. The number of benzene rings is 1.